The first-order valence-electron chi connectivity index (χ1n) is 12.3. The normalized spacial score (nSPS) is 16.5. The summed E-state index contributed by atoms with van der Waals surface area (Å²) in [5.41, 5.74) is 1.77. The Bertz CT molecular complexity index is 1280. The van der Waals surface area contributed by atoms with Crippen molar-refractivity contribution in [3.63, 3.8) is 0 Å². The van der Waals surface area contributed by atoms with E-state index in [4.69, 9.17) is 19.2 Å². The number of aliphatic hydroxyl groups excluding tert-OH is 1. The topological polar surface area (TPSA) is 94.8 Å². The van der Waals surface area contributed by atoms with Crippen molar-refractivity contribution in [1.82, 2.24) is 19.7 Å². The Hall–Kier alpha value is -3.57. The number of β-amino-alcohol motifs (C(OH)–C–C–N with tert-alkyl or cyclic N) is 1. The molecule has 4 rings (SSSR count). The highest BCUT2D eigenvalue weighted by Crippen LogP contribution is 2.43. The fourth-order valence-corrected chi connectivity index (χ4v) is 4.93. The summed E-state index contributed by atoms with van der Waals surface area (Å²) < 4.78 is 48.7. The van der Waals surface area contributed by atoms with Gasteiger partial charge in [-0.15, -0.1) is 0 Å². The Morgan fingerprint density at radius 1 is 1.08 bits per heavy atom. The molecule has 3 unspecified atom stereocenters. The molecule has 0 aliphatic carbocycles. The minimum Gasteiger partial charge on any atom is -0.494 e. The van der Waals surface area contributed by atoms with Crippen LogP contribution in [-0.4, -0.2) is 71.5 Å². The van der Waals surface area contributed by atoms with Crippen LogP contribution in [0.3, 0.4) is 0 Å². The molecule has 1 N–H and O–H groups in total. The molecule has 3 heterocycles. The Morgan fingerprint density at radius 3 is 2.32 bits per heavy atom. The quantitative estimate of drug-likeness (QED) is 0.424. The third kappa shape index (κ3) is 5.21. The molecule has 38 heavy (non-hydrogen) atoms. The minimum atomic E-state index is -0.895. The van der Waals surface area contributed by atoms with Crippen LogP contribution >= 0.6 is 0 Å². The molecule has 2 aromatic heterocycles. The molecule has 0 amide bonds. The number of rotatable bonds is 10. The van der Waals surface area contributed by atoms with Gasteiger partial charge in [0.25, 0.3) is 0 Å². The molecular formula is C27H33F2N5O4. The van der Waals surface area contributed by atoms with Crippen LogP contribution in [0.25, 0.3) is 17.3 Å². The zero-order chi connectivity index (χ0) is 27.6. The van der Waals surface area contributed by atoms with E-state index < -0.39 is 29.7 Å². The molecule has 0 saturated heterocycles. The molecule has 3 aromatic rings. The lowest BCUT2D eigenvalue weighted by molar-refractivity contribution is 0.0674. The van der Waals surface area contributed by atoms with Gasteiger partial charge in [-0.25, -0.2) is 13.8 Å². The number of aryl methyl sites for hydroxylation is 1. The van der Waals surface area contributed by atoms with Crippen LogP contribution in [0.1, 0.15) is 31.0 Å². The van der Waals surface area contributed by atoms with E-state index in [0.717, 1.165) is 5.56 Å². The van der Waals surface area contributed by atoms with Crippen molar-refractivity contribution in [1.29, 1.82) is 0 Å². The first-order valence-corrected chi connectivity index (χ1v) is 12.3. The fourth-order valence-electron chi connectivity index (χ4n) is 4.93. The van der Waals surface area contributed by atoms with E-state index >= 15 is 8.78 Å². The maximum absolute atomic E-state index is 15.7. The molecule has 0 fully saturated rings. The number of aromatic nitrogens is 4. The Kier molecular flexibility index (Phi) is 8.27. The highest BCUT2D eigenvalue weighted by atomic mass is 19.1. The maximum atomic E-state index is 15.7. The van der Waals surface area contributed by atoms with Crippen molar-refractivity contribution in [2.75, 3.05) is 39.4 Å². The van der Waals surface area contributed by atoms with Gasteiger partial charge in [0.05, 0.1) is 51.1 Å². The molecule has 0 spiro atoms. The fraction of sp³-hybridized carbons (Fsp3) is 0.444. The second-order valence-electron chi connectivity index (χ2n) is 9.57. The summed E-state index contributed by atoms with van der Waals surface area (Å²) in [6.07, 6.45) is 7.89. The van der Waals surface area contributed by atoms with Gasteiger partial charge in [-0.1, -0.05) is 19.9 Å². The number of benzene rings is 1. The van der Waals surface area contributed by atoms with Gasteiger partial charge in [-0.05, 0) is 12.0 Å². The third-order valence-corrected chi connectivity index (χ3v) is 6.66. The number of hydrogen-bond donors (Lipinski definition) is 1. The number of halogens is 2. The van der Waals surface area contributed by atoms with Crippen LogP contribution in [0, 0.1) is 17.6 Å². The monoisotopic (exact) mass is 529 g/mol. The number of hydrogen-bond acceptors (Lipinski definition) is 8. The summed E-state index contributed by atoms with van der Waals surface area (Å²) in [5.74, 6) is -2.28. The lowest BCUT2D eigenvalue weighted by atomic mass is 9.79. The Balaban J connectivity index is 1.88. The minimum absolute atomic E-state index is 0.0695. The smallest absolute Gasteiger partial charge is 0.171 e. The number of nitrogens with zero attached hydrogens (tertiary/aromatic N) is 5. The third-order valence-electron chi connectivity index (χ3n) is 6.66. The molecular weight excluding hydrogens is 496 g/mol. The van der Waals surface area contributed by atoms with E-state index in [-0.39, 0.29) is 36.1 Å². The number of methoxy groups -OCH3 is 3. The van der Waals surface area contributed by atoms with Crippen molar-refractivity contribution >= 4 is 11.9 Å². The summed E-state index contributed by atoms with van der Waals surface area (Å²) in [6, 6.07) is 0.608. The van der Waals surface area contributed by atoms with Gasteiger partial charge in [0, 0.05) is 50.0 Å². The van der Waals surface area contributed by atoms with Crippen LogP contribution in [-0.2, 0) is 11.8 Å². The van der Waals surface area contributed by atoms with Gasteiger partial charge in [0.1, 0.15) is 5.69 Å². The van der Waals surface area contributed by atoms with Crippen LogP contribution in [0.15, 0.2) is 30.7 Å². The standard InChI is InChI=1S/C27H33F2N5O4/c1-15(2)23(24-25(28)21(37-5)9-22(38-6)26(24)29)20-8-7-18-27(34(20)13-17(35)14-36-4)32-19(11-30-18)16-10-31-33(3)12-16/h7-12,15,17,20,23,35H,13-14H2,1-6H3. The molecule has 0 radical (unpaired) electrons. The zero-order valence-corrected chi connectivity index (χ0v) is 22.4. The lowest BCUT2D eigenvalue weighted by Gasteiger charge is -2.41. The largest absolute Gasteiger partial charge is 0.494 e. The zero-order valence-electron chi connectivity index (χ0n) is 22.4. The van der Waals surface area contributed by atoms with Crippen molar-refractivity contribution in [2.24, 2.45) is 13.0 Å². The maximum Gasteiger partial charge on any atom is 0.171 e. The van der Waals surface area contributed by atoms with Crippen LogP contribution in [0.2, 0.25) is 0 Å². The van der Waals surface area contributed by atoms with Crippen molar-refractivity contribution in [3.05, 3.63) is 53.6 Å². The average molecular weight is 530 g/mol. The van der Waals surface area contributed by atoms with Gasteiger partial charge >= 0.3 is 0 Å². The first kappa shape index (κ1) is 27.5. The van der Waals surface area contributed by atoms with Crippen molar-refractivity contribution in [2.45, 2.75) is 31.9 Å². The van der Waals surface area contributed by atoms with Gasteiger partial charge in [0.2, 0.25) is 0 Å². The summed E-state index contributed by atoms with van der Waals surface area (Å²) in [6.45, 7) is 3.94. The van der Waals surface area contributed by atoms with Crippen LogP contribution in [0.4, 0.5) is 14.6 Å². The molecule has 0 bridgehead atoms. The highest BCUT2D eigenvalue weighted by Gasteiger charge is 2.39. The molecule has 204 valence electrons. The lowest BCUT2D eigenvalue weighted by Crippen LogP contribution is -2.47. The Morgan fingerprint density at radius 2 is 1.76 bits per heavy atom. The molecule has 11 heteroatoms. The predicted molar refractivity (Wildman–Crippen MR) is 139 cm³/mol. The number of aliphatic hydroxyl groups is 1. The van der Waals surface area contributed by atoms with Gasteiger partial charge in [-0.3, -0.25) is 9.67 Å². The number of anilines is 1. The Labute approximate surface area is 220 Å². The molecule has 1 aliphatic heterocycles. The highest BCUT2D eigenvalue weighted by molar-refractivity contribution is 5.70. The van der Waals surface area contributed by atoms with Crippen LogP contribution < -0.4 is 14.4 Å². The van der Waals surface area contributed by atoms with E-state index in [1.165, 1.54) is 27.4 Å². The van der Waals surface area contributed by atoms with Crippen molar-refractivity contribution < 1.29 is 28.1 Å². The molecule has 1 aromatic carbocycles. The van der Waals surface area contributed by atoms with E-state index in [1.807, 2.05) is 31.0 Å². The molecule has 9 nitrogen and oxygen atoms in total. The van der Waals surface area contributed by atoms with E-state index in [1.54, 1.807) is 30.2 Å². The van der Waals surface area contributed by atoms with E-state index in [0.29, 0.717) is 17.2 Å². The molecule has 0 saturated carbocycles. The van der Waals surface area contributed by atoms with Gasteiger partial charge < -0.3 is 24.2 Å². The first-order chi connectivity index (χ1) is 18.2. The predicted octanol–water partition coefficient (Wildman–Crippen LogP) is 3.82. The van der Waals surface area contributed by atoms with E-state index in [2.05, 4.69) is 10.1 Å². The molecule has 1 aliphatic rings. The number of fused-ring (bicyclic) bond motifs is 1. The van der Waals surface area contributed by atoms with Crippen LogP contribution in [0.5, 0.6) is 11.5 Å². The van der Waals surface area contributed by atoms with Gasteiger partial charge in [-0.2, -0.15) is 5.10 Å². The molecule has 3 atom stereocenters. The average Bonchev–Trinajstić information content (AvgIpc) is 3.33. The summed E-state index contributed by atoms with van der Waals surface area (Å²) in [4.78, 5) is 11.3. The van der Waals surface area contributed by atoms with Gasteiger partial charge in [0.15, 0.2) is 29.0 Å². The van der Waals surface area contributed by atoms with Crippen molar-refractivity contribution in [3.8, 4) is 22.8 Å². The number of ether oxygens (including phenoxy) is 3. The van der Waals surface area contributed by atoms with E-state index in [9.17, 15) is 5.11 Å². The second kappa shape index (κ2) is 11.4. The summed E-state index contributed by atoms with van der Waals surface area (Å²) >= 11 is 0. The SMILES string of the molecule is COCC(O)CN1c2nc(-c3cnn(C)c3)cnc2C=CC1C(c1c(F)c(OC)cc(OC)c1F)C(C)C. The second-order valence-corrected chi connectivity index (χ2v) is 9.57. The summed E-state index contributed by atoms with van der Waals surface area (Å²) in [5, 5.41) is 15.0. The summed E-state index contributed by atoms with van der Waals surface area (Å²) in [7, 11) is 5.95.